The zero-order valence-electron chi connectivity index (χ0n) is 16.7. The van der Waals surface area contributed by atoms with Crippen molar-refractivity contribution in [3.63, 3.8) is 0 Å². The largest absolute Gasteiger partial charge is 0.377 e. The van der Waals surface area contributed by atoms with Crippen LogP contribution >= 0.6 is 0 Å². The molecule has 2 unspecified atom stereocenters. The van der Waals surface area contributed by atoms with Gasteiger partial charge in [-0.15, -0.1) is 0 Å². The molecule has 3 rings (SSSR count). The number of urea groups is 1. The van der Waals surface area contributed by atoms with Crippen molar-refractivity contribution in [3.8, 4) is 0 Å². The van der Waals surface area contributed by atoms with Gasteiger partial charge in [0.25, 0.3) is 0 Å². The van der Waals surface area contributed by atoms with E-state index in [9.17, 15) is 4.79 Å². The number of benzene rings is 1. The van der Waals surface area contributed by atoms with Crippen molar-refractivity contribution in [2.24, 2.45) is 0 Å². The van der Waals surface area contributed by atoms with Crippen molar-refractivity contribution in [1.82, 2.24) is 15.1 Å². The lowest BCUT2D eigenvalue weighted by atomic mass is 10.1. The quantitative estimate of drug-likeness (QED) is 0.830. The first-order valence-electron chi connectivity index (χ1n) is 10.2. The molecule has 1 N–H and O–H groups in total. The van der Waals surface area contributed by atoms with E-state index in [4.69, 9.17) is 9.47 Å². The van der Waals surface area contributed by atoms with Gasteiger partial charge in [-0.2, -0.15) is 0 Å². The van der Waals surface area contributed by atoms with Crippen LogP contribution in [0.2, 0.25) is 0 Å². The molecule has 27 heavy (non-hydrogen) atoms. The van der Waals surface area contributed by atoms with Gasteiger partial charge in [-0.25, -0.2) is 4.79 Å². The zero-order valence-corrected chi connectivity index (χ0v) is 16.7. The van der Waals surface area contributed by atoms with Crippen LogP contribution < -0.4 is 5.32 Å². The summed E-state index contributed by atoms with van der Waals surface area (Å²) < 4.78 is 11.3. The number of likely N-dealkylation sites (tertiary alicyclic amines) is 1. The maximum atomic E-state index is 12.5. The molecule has 0 saturated carbocycles. The Labute approximate surface area is 162 Å². The van der Waals surface area contributed by atoms with Gasteiger partial charge in [-0.05, 0) is 37.8 Å². The molecule has 2 amide bonds. The summed E-state index contributed by atoms with van der Waals surface area (Å²) in [5, 5.41) is 3.07. The van der Waals surface area contributed by atoms with E-state index >= 15 is 0 Å². The average molecular weight is 376 g/mol. The highest BCUT2D eigenvalue weighted by atomic mass is 16.5. The fourth-order valence-corrected chi connectivity index (χ4v) is 3.91. The van der Waals surface area contributed by atoms with Crippen LogP contribution in [0, 0.1) is 0 Å². The van der Waals surface area contributed by atoms with Crippen molar-refractivity contribution < 1.29 is 14.3 Å². The van der Waals surface area contributed by atoms with Crippen molar-refractivity contribution in [2.75, 3.05) is 39.4 Å². The third-order valence-electron chi connectivity index (χ3n) is 5.23. The van der Waals surface area contributed by atoms with Crippen LogP contribution in [0.4, 0.5) is 4.79 Å². The number of nitrogens with zero attached hydrogens (tertiary/aromatic N) is 2. The van der Waals surface area contributed by atoms with Crippen molar-refractivity contribution in [1.29, 1.82) is 0 Å². The van der Waals surface area contributed by atoms with Crippen LogP contribution in [0.25, 0.3) is 0 Å². The number of ether oxygens (including phenoxy) is 2. The van der Waals surface area contributed by atoms with Crippen LogP contribution in [-0.2, 0) is 22.6 Å². The average Bonchev–Trinajstić information content (AvgIpc) is 2.67. The molecule has 2 fully saturated rings. The Bertz CT molecular complexity index is 608. The predicted molar refractivity (Wildman–Crippen MR) is 106 cm³/mol. The summed E-state index contributed by atoms with van der Waals surface area (Å²) in [5.41, 5.74) is 2.42. The lowest BCUT2D eigenvalue weighted by molar-refractivity contribution is -0.0212. The monoisotopic (exact) mass is 375 g/mol. The molecule has 0 radical (unpaired) electrons. The standard InChI is InChI=1S/C21H33N3O3/c1-3-26-20-8-5-9-24(16-20)21(25)22-13-18-6-4-7-19(12-18)15-23-10-11-27-17(2)14-23/h4,6-7,12,17,20H,3,5,8-11,13-16H2,1-2H3,(H,22,25). The Balaban J connectivity index is 1.48. The highest BCUT2D eigenvalue weighted by molar-refractivity contribution is 5.74. The van der Waals surface area contributed by atoms with Gasteiger partial charge in [0.05, 0.1) is 18.8 Å². The number of piperidine rings is 1. The number of hydrogen-bond donors (Lipinski definition) is 1. The van der Waals surface area contributed by atoms with Gasteiger partial charge in [0.15, 0.2) is 0 Å². The first kappa shape index (κ1) is 20.1. The molecule has 0 aliphatic carbocycles. The summed E-state index contributed by atoms with van der Waals surface area (Å²) in [5.74, 6) is 0. The lowest BCUT2D eigenvalue weighted by Gasteiger charge is -2.32. The van der Waals surface area contributed by atoms with E-state index in [0.29, 0.717) is 25.8 Å². The van der Waals surface area contributed by atoms with E-state index < -0.39 is 0 Å². The van der Waals surface area contributed by atoms with Crippen LogP contribution in [0.15, 0.2) is 24.3 Å². The summed E-state index contributed by atoms with van der Waals surface area (Å²) in [6.45, 7) is 10.6. The van der Waals surface area contributed by atoms with Crippen LogP contribution in [0.1, 0.15) is 37.8 Å². The second-order valence-corrected chi connectivity index (χ2v) is 7.56. The molecule has 2 heterocycles. The zero-order chi connectivity index (χ0) is 19.1. The minimum Gasteiger partial charge on any atom is -0.377 e. The lowest BCUT2D eigenvalue weighted by Crippen LogP contribution is -2.47. The van der Waals surface area contributed by atoms with E-state index in [2.05, 4.69) is 41.4 Å². The summed E-state index contributed by atoms with van der Waals surface area (Å²) in [6, 6.07) is 8.51. The maximum absolute atomic E-state index is 12.5. The number of morpholine rings is 1. The molecular formula is C21H33N3O3. The fraction of sp³-hybridized carbons (Fsp3) is 0.667. The molecule has 6 nitrogen and oxygen atoms in total. The first-order valence-corrected chi connectivity index (χ1v) is 10.2. The number of carbonyl (C=O) groups excluding carboxylic acids is 1. The fourth-order valence-electron chi connectivity index (χ4n) is 3.91. The third kappa shape index (κ3) is 6.19. The molecular weight excluding hydrogens is 342 g/mol. The number of carbonyl (C=O) groups is 1. The van der Waals surface area contributed by atoms with Gasteiger partial charge in [-0.3, -0.25) is 4.90 Å². The van der Waals surface area contributed by atoms with E-state index in [1.54, 1.807) is 0 Å². The van der Waals surface area contributed by atoms with Crippen LogP contribution in [-0.4, -0.2) is 67.4 Å². The molecule has 1 aromatic rings. The Morgan fingerprint density at radius 1 is 1.30 bits per heavy atom. The van der Waals surface area contributed by atoms with Gasteiger partial charge in [-0.1, -0.05) is 24.3 Å². The second-order valence-electron chi connectivity index (χ2n) is 7.56. The number of amides is 2. The highest BCUT2D eigenvalue weighted by Gasteiger charge is 2.23. The van der Waals surface area contributed by atoms with Crippen LogP contribution in [0.5, 0.6) is 0 Å². The van der Waals surface area contributed by atoms with Gasteiger partial charge in [0.1, 0.15) is 0 Å². The SMILES string of the molecule is CCOC1CCCN(C(=O)NCc2cccc(CN3CCOC(C)C3)c2)C1. The molecule has 2 aliphatic rings. The number of hydrogen-bond acceptors (Lipinski definition) is 4. The predicted octanol–water partition coefficient (Wildman–Crippen LogP) is 2.62. The van der Waals surface area contributed by atoms with E-state index in [-0.39, 0.29) is 12.1 Å². The van der Waals surface area contributed by atoms with Gasteiger partial charge >= 0.3 is 6.03 Å². The Morgan fingerprint density at radius 3 is 2.96 bits per heavy atom. The smallest absolute Gasteiger partial charge is 0.317 e. The second kappa shape index (κ2) is 10.1. The van der Waals surface area contributed by atoms with Crippen molar-refractivity contribution in [3.05, 3.63) is 35.4 Å². The molecule has 150 valence electrons. The Morgan fingerprint density at radius 2 is 2.15 bits per heavy atom. The Kier molecular flexibility index (Phi) is 7.50. The van der Waals surface area contributed by atoms with Crippen molar-refractivity contribution in [2.45, 2.75) is 52.0 Å². The summed E-state index contributed by atoms with van der Waals surface area (Å²) >= 11 is 0. The van der Waals surface area contributed by atoms with Crippen molar-refractivity contribution >= 4 is 6.03 Å². The topological polar surface area (TPSA) is 54.0 Å². The first-order chi connectivity index (χ1) is 13.1. The molecule has 2 saturated heterocycles. The summed E-state index contributed by atoms with van der Waals surface area (Å²) in [7, 11) is 0. The molecule has 0 aromatic heterocycles. The number of rotatable bonds is 6. The molecule has 2 aliphatic heterocycles. The highest BCUT2D eigenvalue weighted by Crippen LogP contribution is 2.14. The minimum absolute atomic E-state index is 0.00631. The van der Waals surface area contributed by atoms with Gasteiger partial charge in [0, 0.05) is 45.9 Å². The molecule has 6 heteroatoms. The van der Waals surface area contributed by atoms with E-state index in [0.717, 1.165) is 51.2 Å². The maximum Gasteiger partial charge on any atom is 0.317 e. The third-order valence-corrected chi connectivity index (χ3v) is 5.23. The summed E-state index contributed by atoms with van der Waals surface area (Å²) in [4.78, 5) is 16.8. The normalized spacial score (nSPS) is 24.0. The van der Waals surface area contributed by atoms with E-state index in [1.807, 2.05) is 11.8 Å². The number of nitrogens with one attached hydrogen (secondary N) is 1. The van der Waals surface area contributed by atoms with Gasteiger partial charge in [0.2, 0.25) is 0 Å². The molecule has 0 bridgehead atoms. The Hall–Kier alpha value is -1.63. The van der Waals surface area contributed by atoms with Crippen LogP contribution in [0.3, 0.4) is 0 Å². The molecule has 0 spiro atoms. The molecule has 1 aromatic carbocycles. The van der Waals surface area contributed by atoms with Gasteiger partial charge < -0.3 is 19.7 Å². The van der Waals surface area contributed by atoms with E-state index in [1.165, 1.54) is 5.56 Å². The molecule has 2 atom stereocenters. The minimum atomic E-state index is 0.00631. The summed E-state index contributed by atoms with van der Waals surface area (Å²) in [6.07, 6.45) is 2.52.